The average molecular weight is 241 g/mol. The van der Waals surface area contributed by atoms with Crippen molar-refractivity contribution >= 4 is 0 Å². The van der Waals surface area contributed by atoms with Gasteiger partial charge in [0.05, 0.1) is 19.3 Å². The van der Waals surface area contributed by atoms with E-state index in [1.54, 1.807) is 0 Å². The first-order chi connectivity index (χ1) is 8.16. The predicted molar refractivity (Wildman–Crippen MR) is 68.9 cm³/mol. The second-order valence-electron chi connectivity index (χ2n) is 6.06. The molecule has 2 rings (SSSR count). The molecule has 3 nitrogen and oxygen atoms in total. The van der Waals surface area contributed by atoms with Crippen molar-refractivity contribution in [2.45, 2.75) is 39.2 Å². The second-order valence-corrected chi connectivity index (χ2v) is 6.06. The molecule has 0 bridgehead atoms. The third-order valence-corrected chi connectivity index (χ3v) is 4.52. The molecule has 100 valence electrons. The summed E-state index contributed by atoms with van der Waals surface area (Å²) in [6, 6.07) is 0. The van der Waals surface area contributed by atoms with Crippen molar-refractivity contribution in [1.29, 1.82) is 0 Å². The minimum Gasteiger partial charge on any atom is -0.393 e. The summed E-state index contributed by atoms with van der Waals surface area (Å²) in [4.78, 5) is 2.46. The van der Waals surface area contributed by atoms with Gasteiger partial charge in [0.2, 0.25) is 0 Å². The largest absolute Gasteiger partial charge is 0.393 e. The monoisotopic (exact) mass is 241 g/mol. The summed E-state index contributed by atoms with van der Waals surface area (Å²) in [6.45, 7) is 9.48. The standard InChI is InChI=1S/C14H27NO2/c1-11(2)12-3-4-14(16)13(9-12)10-15-5-7-17-8-6-15/h11-14,16H,3-10H2,1-2H3. The highest BCUT2D eigenvalue weighted by atomic mass is 16.5. The summed E-state index contributed by atoms with van der Waals surface area (Å²) in [5.41, 5.74) is 0. The van der Waals surface area contributed by atoms with Crippen LogP contribution in [0.4, 0.5) is 0 Å². The molecule has 17 heavy (non-hydrogen) atoms. The van der Waals surface area contributed by atoms with Gasteiger partial charge in [-0.25, -0.2) is 0 Å². The van der Waals surface area contributed by atoms with Gasteiger partial charge < -0.3 is 9.84 Å². The molecule has 1 saturated carbocycles. The number of hydrogen-bond donors (Lipinski definition) is 1. The number of aliphatic hydroxyl groups is 1. The van der Waals surface area contributed by atoms with Crippen molar-refractivity contribution in [3.05, 3.63) is 0 Å². The van der Waals surface area contributed by atoms with Crippen LogP contribution >= 0.6 is 0 Å². The lowest BCUT2D eigenvalue weighted by molar-refractivity contribution is -0.0119. The van der Waals surface area contributed by atoms with Crippen molar-refractivity contribution in [3.63, 3.8) is 0 Å². The Hall–Kier alpha value is -0.120. The Morgan fingerprint density at radius 1 is 1.24 bits per heavy atom. The molecule has 1 saturated heterocycles. The molecule has 2 fully saturated rings. The third-order valence-electron chi connectivity index (χ3n) is 4.52. The van der Waals surface area contributed by atoms with E-state index in [2.05, 4.69) is 18.7 Å². The third kappa shape index (κ3) is 3.67. The Morgan fingerprint density at radius 2 is 1.94 bits per heavy atom. The van der Waals surface area contributed by atoms with Crippen LogP contribution in [0.2, 0.25) is 0 Å². The fraction of sp³-hybridized carbons (Fsp3) is 1.00. The van der Waals surface area contributed by atoms with Gasteiger partial charge in [0.1, 0.15) is 0 Å². The van der Waals surface area contributed by atoms with E-state index in [0.717, 1.165) is 51.1 Å². The van der Waals surface area contributed by atoms with Crippen LogP contribution in [-0.4, -0.2) is 49.0 Å². The van der Waals surface area contributed by atoms with Crippen LogP contribution in [0.15, 0.2) is 0 Å². The lowest BCUT2D eigenvalue weighted by atomic mass is 9.74. The first kappa shape index (κ1) is 13.3. The molecule has 1 aliphatic heterocycles. The summed E-state index contributed by atoms with van der Waals surface area (Å²) in [6.07, 6.45) is 3.33. The van der Waals surface area contributed by atoms with Gasteiger partial charge in [-0.15, -0.1) is 0 Å². The SMILES string of the molecule is CC(C)C1CCC(O)C(CN2CCOCC2)C1. The number of aliphatic hydroxyl groups excluding tert-OH is 1. The summed E-state index contributed by atoms with van der Waals surface area (Å²) >= 11 is 0. The second kappa shape index (κ2) is 6.17. The number of ether oxygens (including phenoxy) is 1. The van der Waals surface area contributed by atoms with Gasteiger partial charge in [-0.05, 0) is 37.0 Å². The molecule has 1 heterocycles. The van der Waals surface area contributed by atoms with Gasteiger partial charge in [-0.1, -0.05) is 13.8 Å². The number of hydrogen-bond acceptors (Lipinski definition) is 3. The topological polar surface area (TPSA) is 32.7 Å². The molecule has 2 aliphatic rings. The Bertz CT molecular complexity index is 226. The highest BCUT2D eigenvalue weighted by Gasteiger charge is 2.31. The van der Waals surface area contributed by atoms with E-state index in [9.17, 15) is 5.11 Å². The van der Waals surface area contributed by atoms with Gasteiger partial charge in [-0.2, -0.15) is 0 Å². The smallest absolute Gasteiger partial charge is 0.0594 e. The quantitative estimate of drug-likeness (QED) is 0.817. The highest BCUT2D eigenvalue weighted by molar-refractivity contribution is 4.83. The van der Waals surface area contributed by atoms with Crippen LogP contribution in [0, 0.1) is 17.8 Å². The molecule has 1 aliphatic carbocycles. The maximum atomic E-state index is 10.1. The molecule has 0 aromatic rings. The van der Waals surface area contributed by atoms with Gasteiger partial charge in [-0.3, -0.25) is 4.90 Å². The van der Waals surface area contributed by atoms with Crippen molar-refractivity contribution in [2.24, 2.45) is 17.8 Å². The Labute approximate surface area is 105 Å². The zero-order valence-corrected chi connectivity index (χ0v) is 11.3. The average Bonchev–Trinajstić information content (AvgIpc) is 2.33. The normalized spacial score (nSPS) is 36.4. The molecule has 1 N–H and O–H groups in total. The zero-order chi connectivity index (χ0) is 12.3. The Balaban J connectivity index is 1.84. The fourth-order valence-electron chi connectivity index (χ4n) is 3.20. The predicted octanol–water partition coefficient (Wildman–Crippen LogP) is 1.75. The van der Waals surface area contributed by atoms with Gasteiger partial charge in [0.15, 0.2) is 0 Å². The molecular weight excluding hydrogens is 214 g/mol. The molecule has 0 aromatic heterocycles. The summed E-state index contributed by atoms with van der Waals surface area (Å²) in [5.74, 6) is 2.05. The van der Waals surface area contributed by atoms with Crippen LogP contribution in [0.5, 0.6) is 0 Å². The molecule has 0 aromatic carbocycles. The van der Waals surface area contributed by atoms with E-state index in [0.29, 0.717) is 5.92 Å². The maximum Gasteiger partial charge on any atom is 0.0594 e. The maximum absolute atomic E-state index is 10.1. The molecule has 0 spiro atoms. The molecular formula is C14H27NO2. The Kier molecular flexibility index (Phi) is 4.83. The van der Waals surface area contributed by atoms with E-state index >= 15 is 0 Å². The van der Waals surface area contributed by atoms with Gasteiger partial charge in [0.25, 0.3) is 0 Å². The van der Waals surface area contributed by atoms with Crippen LogP contribution in [0.1, 0.15) is 33.1 Å². The van der Waals surface area contributed by atoms with Crippen molar-refractivity contribution < 1.29 is 9.84 Å². The zero-order valence-electron chi connectivity index (χ0n) is 11.3. The fourth-order valence-corrected chi connectivity index (χ4v) is 3.20. The first-order valence-corrected chi connectivity index (χ1v) is 7.15. The molecule has 0 radical (unpaired) electrons. The van der Waals surface area contributed by atoms with Gasteiger partial charge in [0, 0.05) is 19.6 Å². The van der Waals surface area contributed by atoms with Crippen LogP contribution in [0.3, 0.4) is 0 Å². The van der Waals surface area contributed by atoms with Crippen LogP contribution in [-0.2, 0) is 4.74 Å². The van der Waals surface area contributed by atoms with Crippen LogP contribution in [0.25, 0.3) is 0 Å². The number of morpholine rings is 1. The van der Waals surface area contributed by atoms with E-state index in [-0.39, 0.29) is 6.10 Å². The Morgan fingerprint density at radius 3 is 2.59 bits per heavy atom. The minimum absolute atomic E-state index is 0.0761. The van der Waals surface area contributed by atoms with E-state index < -0.39 is 0 Å². The molecule has 3 atom stereocenters. The molecule has 3 unspecified atom stereocenters. The summed E-state index contributed by atoms with van der Waals surface area (Å²) < 4.78 is 5.37. The van der Waals surface area contributed by atoms with Crippen molar-refractivity contribution in [3.8, 4) is 0 Å². The van der Waals surface area contributed by atoms with E-state index in [1.165, 1.54) is 12.8 Å². The van der Waals surface area contributed by atoms with Crippen molar-refractivity contribution in [1.82, 2.24) is 4.90 Å². The van der Waals surface area contributed by atoms with E-state index in [1.807, 2.05) is 0 Å². The minimum atomic E-state index is -0.0761. The number of nitrogens with zero attached hydrogens (tertiary/aromatic N) is 1. The lowest BCUT2D eigenvalue weighted by Gasteiger charge is -2.39. The van der Waals surface area contributed by atoms with Crippen molar-refractivity contribution in [2.75, 3.05) is 32.8 Å². The summed E-state index contributed by atoms with van der Waals surface area (Å²) in [7, 11) is 0. The molecule has 0 amide bonds. The number of rotatable bonds is 3. The highest BCUT2D eigenvalue weighted by Crippen LogP contribution is 2.34. The first-order valence-electron chi connectivity index (χ1n) is 7.15. The van der Waals surface area contributed by atoms with Gasteiger partial charge >= 0.3 is 0 Å². The van der Waals surface area contributed by atoms with Crippen LogP contribution < -0.4 is 0 Å². The summed E-state index contributed by atoms with van der Waals surface area (Å²) in [5, 5.41) is 10.1. The van der Waals surface area contributed by atoms with E-state index in [4.69, 9.17) is 4.74 Å². The lowest BCUT2D eigenvalue weighted by Crippen LogP contribution is -2.44. The molecule has 3 heteroatoms.